The Kier molecular flexibility index (Phi) is 3.68. The third-order valence-corrected chi connectivity index (χ3v) is 3.56. The van der Waals surface area contributed by atoms with E-state index in [0.717, 1.165) is 16.8 Å². The van der Waals surface area contributed by atoms with Gasteiger partial charge in [-0.2, -0.15) is 5.10 Å². The first-order chi connectivity index (χ1) is 10.5. The van der Waals surface area contributed by atoms with Gasteiger partial charge in [-0.1, -0.05) is 18.2 Å². The van der Waals surface area contributed by atoms with Crippen LogP contribution in [-0.2, 0) is 11.3 Å². The number of benzene rings is 1. The summed E-state index contributed by atoms with van der Waals surface area (Å²) in [5.41, 5.74) is 2.43. The van der Waals surface area contributed by atoms with Gasteiger partial charge in [0.2, 0.25) is 0 Å². The molecule has 1 atom stereocenters. The average molecular weight is 299 g/mol. The van der Waals surface area contributed by atoms with Crippen LogP contribution in [0.25, 0.3) is 11.0 Å². The topological polar surface area (TPSA) is 82.4 Å². The summed E-state index contributed by atoms with van der Waals surface area (Å²) >= 11 is 0. The maximum atomic E-state index is 11.7. The Labute approximate surface area is 127 Å². The molecule has 114 valence electrons. The fourth-order valence-electron chi connectivity index (χ4n) is 2.57. The van der Waals surface area contributed by atoms with E-state index in [-0.39, 0.29) is 0 Å². The fourth-order valence-corrected chi connectivity index (χ4v) is 2.57. The van der Waals surface area contributed by atoms with Crippen LogP contribution >= 0.6 is 0 Å². The van der Waals surface area contributed by atoms with E-state index in [9.17, 15) is 9.90 Å². The number of hydrogen-bond donors (Lipinski definition) is 2. The van der Waals surface area contributed by atoms with Crippen molar-refractivity contribution in [1.82, 2.24) is 15.1 Å². The molecule has 0 saturated carbocycles. The van der Waals surface area contributed by atoms with Crippen LogP contribution in [0.4, 0.5) is 0 Å². The minimum atomic E-state index is -0.950. The van der Waals surface area contributed by atoms with Crippen LogP contribution in [0.1, 0.15) is 23.2 Å². The van der Waals surface area contributed by atoms with Crippen molar-refractivity contribution < 1.29 is 14.3 Å². The average Bonchev–Trinajstić information content (AvgIpc) is 3.04. The molecule has 0 aliphatic heterocycles. The van der Waals surface area contributed by atoms with E-state index in [1.54, 1.807) is 18.0 Å². The lowest BCUT2D eigenvalue weighted by Crippen LogP contribution is -2.30. The number of hydrogen-bond acceptors (Lipinski definition) is 4. The SMILES string of the molecule is Cc1cc(CN(C)[C@@H](C(=O)O)c2cc3ccccc3o2)n[nH]1. The standard InChI is InChI=1S/C16H17N3O3/c1-10-7-12(18-17-10)9-19(2)15(16(20)21)14-8-11-5-3-4-6-13(11)22-14/h3-8,15H,9H2,1-2H3,(H,17,18)(H,20,21)/t15-/m1/s1. The largest absolute Gasteiger partial charge is 0.480 e. The van der Waals surface area contributed by atoms with Crippen molar-refractivity contribution in [2.45, 2.75) is 19.5 Å². The van der Waals surface area contributed by atoms with Crippen LogP contribution in [0, 0.1) is 6.92 Å². The highest BCUT2D eigenvalue weighted by Gasteiger charge is 2.28. The van der Waals surface area contributed by atoms with Crippen molar-refractivity contribution in [3.63, 3.8) is 0 Å². The summed E-state index contributed by atoms with van der Waals surface area (Å²) in [5.74, 6) is -0.530. The Morgan fingerprint density at radius 3 is 2.82 bits per heavy atom. The van der Waals surface area contributed by atoms with E-state index in [4.69, 9.17) is 4.42 Å². The van der Waals surface area contributed by atoms with Gasteiger partial charge in [-0.25, -0.2) is 0 Å². The smallest absolute Gasteiger partial charge is 0.328 e. The van der Waals surface area contributed by atoms with E-state index in [1.807, 2.05) is 37.3 Å². The molecular weight excluding hydrogens is 282 g/mol. The molecule has 0 radical (unpaired) electrons. The number of aromatic amines is 1. The lowest BCUT2D eigenvalue weighted by atomic mass is 10.1. The fraction of sp³-hybridized carbons (Fsp3) is 0.250. The van der Waals surface area contributed by atoms with Gasteiger partial charge in [0, 0.05) is 17.6 Å². The third-order valence-electron chi connectivity index (χ3n) is 3.56. The van der Waals surface area contributed by atoms with Crippen LogP contribution in [0.3, 0.4) is 0 Å². The summed E-state index contributed by atoms with van der Waals surface area (Å²) < 4.78 is 5.70. The van der Waals surface area contributed by atoms with Crippen LogP contribution in [0.5, 0.6) is 0 Å². The number of rotatable bonds is 5. The molecule has 6 heteroatoms. The Morgan fingerprint density at radius 1 is 1.41 bits per heavy atom. The van der Waals surface area contributed by atoms with Gasteiger partial charge < -0.3 is 9.52 Å². The zero-order valence-electron chi connectivity index (χ0n) is 12.4. The summed E-state index contributed by atoms with van der Waals surface area (Å²) in [5, 5.41) is 17.5. The highest BCUT2D eigenvalue weighted by Crippen LogP contribution is 2.28. The number of nitrogens with one attached hydrogen (secondary N) is 1. The van der Waals surface area contributed by atoms with Crippen LogP contribution in [0.2, 0.25) is 0 Å². The summed E-state index contributed by atoms with van der Waals surface area (Å²) in [6.45, 7) is 2.32. The predicted octanol–water partition coefficient (Wildman–Crippen LogP) is 2.72. The number of carbonyl (C=O) groups is 1. The number of likely N-dealkylation sites (N-methyl/N-ethyl adjacent to an activating group) is 1. The van der Waals surface area contributed by atoms with Gasteiger partial charge in [-0.15, -0.1) is 0 Å². The summed E-state index contributed by atoms with van der Waals surface area (Å²) in [4.78, 5) is 13.4. The number of aliphatic carboxylic acids is 1. The molecule has 3 aromatic rings. The van der Waals surface area contributed by atoms with Crippen molar-refractivity contribution in [2.75, 3.05) is 7.05 Å². The molecule has 0 amide bonds. The highest BCUT2D eigenvalue weighted by molar-refractivity contribution is 5.81. The second-order valence-electron chi connectivity index (χ2n) is 5.38. The summed E-state index contributed by atoms with van der Waals surface area (Å²) in [7, 11) is 1.75. The first-order valence-corrected chi connectivity index (χ1v) is 6.97. The van der Waals surface area contributed by atoms with E-state index >= 15 is 0 Å². The number of carboxylic acids is 1. The lowest BCUT2D eigenvalue weighted by Gasteiger charge is -2.21. The van der Waals surface area contributed by atoms with E-state index in [1.165, 1.54) is 0 Å². The van der Waals surface area contributed by atoms with Crippen molar-refractivity contribution in [1.29, 1.82) is 0 Å². The quantitative estimate of drug-likeness (QED) is 0.757. The molecule has 6 nitrogen and oxygen atoms in total. The first-order valence-electron chi connectivity index (χ1n) is 6.97. The molecule has 0 saturated heterocycles. The molecule has 1 aromatic carbocycles. The molecule has 22 heavy (non-hydrogen) atoms. The van der Waals surface area contributed by atoms with Gasteiger partial charge in [0.05, 0.1) is 5.69 Å². The number of fused-ring (bicyclic) bond motifs is 1. The van der Waals surface area contributed by atoms with Crippen LogP contribution in [0.15, 0.2) is 40.8 Å². The van der Waals surface area contributed by atoms with E-state index < -0.39 is 12.0 Å². The second-order valence-corrected chi connectivity index (χ2v) is 5.38. The molecule has 0 aliphatic carbocycles. The van der Waals surface area contributed by atoms with Gasteiger partial charge in [0.1, 0.15) is 11.3 Å². The van der Waals surface area contributed by atoms with Crippen molar-refractivity contribution >= 4 is 16.9 Å². The number of nitrogens with zero attached hydrogens (tertiary/aromatic N) is 2. The maximum absolute atomic E-state index is 11.7. The Hall–Kier alpha value is -2.60. The molecule has 0 spiro atoms. The highest BCUT2D eigenvalue weighted by atomic mass is 16.4. The molecule has 2 N–H and O–H groups in total. The zero-order chi connectivity index (χ0) is 15.7. The normalized spacial score (nSPS) is 12.9. The van der Waals surface area contributed by atoms with Crippen molar-refractivity contribution in [3.05, 3.63) is 53.5 Å². The monoisotopic (exact) mass is 299 g/mol. The van der Waals surface area contributed by atoms with Crippen molar-refractivity contribution in [2.24, 2.45) is 0 Å². The first kappa shape index (κ1) is 14.3. The number of para-hydroxylation sites is 1. The third kappa shape index (κ3) is 2.73. The molecule has 2 heterocycles. The van der Waals surface area contributed by atoms with E-state index in [0.29, 0.717) is 17.9 Å². The van der Waals surface area contributed by atoms with Gasteiger partial charge in [-0.3, -0.25) is 14.8 Å². The molecule has 2 aromatic heterocycles. The second kappa shape index (κ2) is 5.65. The van der Waals surface area contributed by atoms with Crippen LogP contribution < -0.4 is 0 Å². The van der Waals surface area contributed by atoms with Gasteiger partial charge in [0.15, 0.2) is 6.04 Å². The molecular formula is C16H17N3O3. The summed E-state index contributed by atoms with van der Waals surface area (Å²) in [6, 6.07) is 10.3. The van der Waals surface area contributed by atoms with Gasteiger partial charge in [-0.05, 0) is 32.2 Å². The van der Waals surface area contributed by atoms with Crippen molar-refractivity contribution in [3.8, 4) is 0 Å². The molecule has 0 bridgehead atoms. The predicted molar refractivity (Wildman–Crippen MR) is 81.4 cm³/mol. The number of carboxylic acid groups (broad SMARTS) is 1. The lowest BCUT2D eigenvalue weighted by molar-refractivity contribution is -0.143. The minimum absolute atomic E-state index is 0.415. The van der Waals surface area contributed by atoms with Gasteiger partial charge >= 0.3 is 5.97 Å². The molecule has 0 fully saturated rings. The minimum Gasteiger partial charge on any atom is -0.480 e. The van der Waals surface area contributed by atoms with Crippen LogP contribution in [-0.4, -0.2) is 33.2 Å². The molecule has 3 rings (SSSR count). The molecule has 0 unspecified atom stereocenters. The van der Waals surface area contributed by atoms with Gasteiger partial charge in [0.25, 0.3) is 0 Å². The number of H-pyrrole nitrogens is 1. The Bertz CT molecular complexity index is 773. The number of aromatic nitrogens is 2. The number of aryl methyl sites for hydroxylation is 1. The maximum Gasteiger partial charge on any atom is 0.328 e. The molecule has 0 aliphatic rings. The van der Waals surface area contributed by atoms with E-state index in [2.05, 4.69) is 10.2 Å². The Balaban J connectivity index is 1.89. The Morgan fingerprint density at radius 2 is 2.18 bits per heavy atom. The number of furan rings is 1. The summed E-state index contributed by atoms with van der Waals surface area (Å²) in [6.07, 6.45) is 0. The zero-order valence-corrected chi connectivity index (χ0v) is 12.4.